The van der Waals surface area contributed by atoms with E-state index in [2.05, 4.69) is 4.98 Å². The molecule has 0 bridgehead atoms. The standard InChI is InChI=1S/C26H23FN2O2.C2HF3O2/c1-17-12-24-25(15-20(17)16-28)29-11-10-26(24)31-23-8-4-19(5-9-23)14-22(30)13-18-2-6-21(27)7-3-18;3-2(4,5)1(6)7/h2-12,15H,13-14,16,28H2,1H3;(H,6,7). The quantitative estimate of drug-likeness (QED) is 0.289. The number of nitrogens with two attached hydrogens (primary N) is 1. The van der Waals surface area contributed by atoms with Crippen LogP contribution in [0.5, 0.6) is 11.5 Å². The van der Waals surface area contributed by atoms with Crippen LogP contribution < -0.4 is 10.5 Å². The Labute approximate surface area is 215 Å². The van der Waals surface area contributed by atoms with Crippen molar-refractivity contribution in [3.05, 3.63) is 101 Å². The average Bonchev–Trinajstić information content (AvgIpc) is 2.86. The van der Waals surface area contributed by atoms with Gasteiger partial charge in [0.05, 0.1) is 5.52 Å². The fraction of sp³-hybridized carbons (Fsp3) is 0.179. The van der Waals surface area contributed by atoms with Gasteiger partial charge in [0.2, 0.25) is 0 Å². The molecule has 1 aromatic heterocycles. The second-order valence-electron chi connectivity index (χ2n) is 8.38. The molecule has 0 unspecified atom stereocenters. The van der Waals surface area contributed by atoms with E-state index in [1.807, 2.05) is 49.4 Å². The molecule has 0 amide bonds. The van der Waals surface area contributed by atoms with Gasteiger partial charge in [-0.05, 0) is 71.6 Å². The van der Waals surface area contributed by atoms with Gasteiger partial charge in [0.25, 0.3) is 0 Å². The number of alkyl halides is 3. The molecule has 0 radical (unpaired) electrons. The van der Waals surface area contributed by atoms with Crippen molar-refractivity contribution in [1.82, 2.24) is 4.98 Å². The van der Waals surface area contributed by atoms with E-state index in [4.69, 9.17) is 20.4 Å². The summed E-state index contributed by atoms with van der Waals surface area (Å²) >= 11 is 0. The second-order valence-corrected chi connectivity index (χ2v) is 8.38. The first-order valence-electron chi connectivity index (χ1n) is 11.4. The highest BCUT2D eigenvalue weighted by atomic mass is 19.4. The topological polar surface area (TPSA) is 103 Å². The lowest BCUT2D eigenvalue weighted by Crippen LogP contribution is -2.21. The highest BCUT2D eigenvalue weighted by molar-refractivity contribution is 5.86. The highest BCUT2D eigenvalue weighted by Crippen LogP contribution is 2.30. The van der Waals surface area contributed by atoms with E-state index in [1.165, 1.54) is 12.1 Å². The SMILES string of the molecule is Cc1cc2c(Oc3ccc(CC(=O)Cc4ccc(F)cc4)cc3)ccnc2cc1CN.O=C(O)C(F)(F)F. The van der Waals surface area contributed by atoms with Gasteiger partial charge in [0.15, 0.2) is 0 Å². The first-order chi connectivity index (χ1) is 18.0. The summed E-state index contributed by atoms with van der Waals surface area (Å²) in [5.41, 5.74) is 10.5. The van der Waals surface area contributed by atoms with Crippen LogP contribution in [0.1, 0.15) is 22.3 Å². The number of carboxylic acids is 1. The van der Waals surface area contributed by atoms with Crippen LogP contribution in [0, 0.1) is 12.7 Å². The Kier molecular flexibility index (Phi) is 9.14. The zero-order valence-corrected chi connectivity index (χ0v) is 20.3. The number of hydrogen-bond acceptors (Lipinski definition) is 5. The monoisotopic (exact) mass is 528 g/mol. The van der Waals surface area contributed by atoms with Crippen LogP contribution in [0.15, 0.2) is 72.9 Å². The first kappa shape index (κ1) is 28.3. The van der Waals surface area contributed by atoms with E-state index in [9.17, 15) is 22.4 Å². The number of carbonyl (C=O) groups excluding carboxylic acids is 1. The van der Waals surface area contributed by atoms with Gasteiger partial charge in [-0.1, -0.05) is 24.3 Å². The van der Waals surface area contributed by atoms with E-state index in [0.29, 0.717) is 18.7 Å². The molecule has 4 rings (SSSR count). The average molecular weight is 529 g/mol. The van der Waals surface area contributed by atoms with Crippen molar-refractivity contribution >= 4 is 22.7 Å². The summed E-state index contributed by atoms with van der Waals surface area (Å²) in [5.74, 6) is -1.58. The van der Waals surface area contributed by atoms with Crippen LogP contribution in [0.2, 0.25) is 0 Å². The Balaban J connectivity index is 0.000000505. The largest absolute Gasteiger partial charge is 0.490 e. The molecular formula is C28H24F4N2O4. The van der Waals surface area contributed by atoms with E-state index >= 15 is 0 Å². The molecule has 38 heavy (non-hydrogen) atoms. The molecule has 1 heterocycles. The molecule has 0 aliphatic carbocycles. The number of benzene rings is 3. The second kappa shape index (κ2) is 12.3. The molecule has 198 valence electrons. The number of Topliss-reactive ketones (excluding diaryl/α,β-unsaturated/α-hetero) is 1. The van der Waals surface area contributed by atoms with Crippen molar-refractivity contribution in [2.75, 3.05) is 0 Å². The Morgan fingerprint density at radius 2 is 1.50 bits per heavy atom. The summed E-state index contributed by atoms with van der Waals surface area (Å²) in [6.45, 7) is 2.49. The fourth-order valence-corrected chi connectivity index (χ4v) is 3.55. The maximum atomic E-state index is 13.0. The number of nitrogens with zero attached hydrogens (tertiary/aromatic N) is 1. The number of carboxylic acid groups (broad SMARTS) is 1. The lowest BCUT2D eigenvalue weighted by molar-refractivity contribution is -0.192. The smallest absolute Gasteiger partial charge is 0.475 e. The minimum Gasteiger partial charge on any atom is -0.475 e. The summed E-state index contributed by atoms with van der Waals surface area (Å²) in [7, 11) is 0. The van der Waals surface area contributed by atoms with Gasteiger partial charge in [0.1, 0.15) is 23.1 Å². The summed E-state index contributed by atoms with van der Waals surface area (Å²) in [4.78, 5) is 25.7. The van der Waals surface area contributed by atoms with Crippen molar-refractivity contribution in [2.24, 2.45) is 5.73 Å². The number of aliphatic carboxylic acids is 1. The van der Waals surface area contributed by atoms with Crippen molar-refractivity contribution in [2.45, 2.75) is 32.5 Å². The summed E-state index contributed by atoms with van der Waals surface area (Å²) in [6, 6.07) is 19.4. The Hall–Kier alpha value is -4.31. The highest BCUT2D eigenvalue weighted by Gasteiger charge is 2.38. The predicted molar refractivity (Wildman–Crippen MR) is 133 cm³/mol. The van der Waals surface area contributed by atoms with Gasteiger partial charge < -0.3 is 15.6 Å². The van der Waals surface area contributed by atoms with Crippen LogP contribution in [0.3, 0.4) is 0 Å². The third-order valence-electron chi connectivity index (χ3n) is 5.49. The van der Waals surface area contributed by atoms with Crippen molar-refractivity contribution < 1.29 is 37.0 Å². The zero-order valence-electron chi connectivity index (χ0n) is 20.3. The van der Waals surface area contributed by atoms with Gasteiger partial charge in [-0.2, -0.15) is 13.2 Å². The Morgan fingerprint density at radius 3 is 2.03 bits per heavy atom. The Morgan fingerprint density at radius 1 is 0.947 bits per heavy atom. The maximum absolute atomic E-state index is 13.0. The molecule has 0 atom stereocenters. The van der Waals surface area contributed by atoms with E-state index in [1.54, 1.807) is 18.3 Å². The van der Waals surface area contributed by atoms with Crippen LogP contribution in [0.25, 0.3) is 10.9 Å². The molecule has 0 fully saturated rings. The van der Waals surface area contributed by atoms with Gasteiger partial charge in [-0.15, -0.1) is 0 Å². The predicted octanol–water partition coefficient (Wildman–Crippen LogP) is 5.92. The molecule has 0 spiro atoms. The van der Waals surface area contributed by atoms with Gasteiger partial charge >= 0.3 is 12.1 Å². The number of aryl methyl sites for hydroxylation is 1. The maximum Gasteiger partial charge on any atom is 0.490 e. The molecule has 10 heteroatoms. The van der Waals surface area contributed by atoms with Crippen molar-refractivity contribution in [3.63, 3.8) is 0 Å². The molecule has 6 nitrogen and oxygen atoms in total. The summed E-state index contributed by atoms with van der Waals surface area (Å²) in [5, 5.41) is 8.05. The normalized spacial score (nSPS) is 11.0. The summed E-state index contributed by atoms with van der Waals surface area (Å²) < 4.78 is 50.8. The van der Waals surface area contributed by atoms with Crippen molar-refractivity contribution in [3.8, 4) is 11.5 Å². The number of ether oxygens (including phenoxy) is 1. The first-order valence-corrected chi connectivity index (χ1v) is 11.4. The Bertz CT molecular complexity index is 1420. The molecule has 4 aromatic rings. The third-order valence-corrected chi connectivity index (χ3v) is 5.49. The van der Waals surface area contributed by atoms with Crippen molar-refractivity contribution in [1.29, 1.82) is 0 Å². The molecule has 0 aliphatic heterocycles. The molecule has 0 saturated carbocycles. The number of halogens is 4. The van der Waals surface area contributed by atoms with E-state index in [-0.39, 0.29) is 18.0 Å². The van der Waals surface area contributed by atoms with Gasteiger partial charge in [-0.3, -0.25) is 9.78 Å². The van der Waals surface area contributed by atoms with Crippen LogP contribution in [-0.4, -0.2) is 28.0 Å². The van der Waals surface area contributed by atoms with Crippen LogP contribution in [0.4, 0.5) is 17.6 Å². The molecule has 3 N–H and O–H groups in total. The third kappa shape index (κ3) is 7.84. The molecule has 0 aliphatic rings. The van der Waals surface area contributed by atoms with Gasteiger partial charge in [0, 0.05) is 31.0 Å². The van der Waals surface area contributed by atoms with E-state index in [0.717, 1.165) is 38.9 Å². The number of rotatable bonds is 7. The number of carbonyl (C=O) groups is 2. The number of pyridine rings is 1. The lowest BCUT2D eigenvalue weighted by Gasteiger charge is -2.11. The zero-order chi connectivity index (χ0) is 27.9. The number of aromatic nitrogens is 1. The molecule has 0 saturated heterocycles. The fourth-order valence-electron chi connectivity index (χ4n) is 3.55. The minimum atomic E-state index is -5.08. The van der Waals surface area contributed by atoms with Crippen LogP contribution in [-0.2, 0) is 29.0 Å². The lowest BCUT2D eigenvalue weighted by atomic mass is 10.0. The number of hydrogen-bond donors (Lipinski definition) is 2. The van der Waals surface area contributed by atoms with Crippen LogP contribution >= 0.6 is 0 Å². The minimum absolute atomic E-state index is 0.0755. The van der Waals surface area contributed by atoms with E-state index < -0.39 is 12.1 Å². The molecule has 3 aromatic carbocycles. The molecular weight excluding hydrogens is 504 g/mol. The summed E-state index contributed by atoms with van der Waals surface area (Å²) in [6.07, 6.45) is -2.77. The van der Waals surface area contributed by atoms with Gasteiger partial charge in [-0.25, -0.2) is 9.18 Å². The number of ketones is 1. The number of fused-ring (bicyclic) bond motifs is 1.